The molecule has 0 spiro atoms. The summed E-state index contributed by atoms with van der Waals surface area (Å²) in [6, 6.07) is 4.48. The molecule has 0 aliphatic heterocycles. The lowest BCUT2D eigenvalue weighted by molar-refractivity contribution is 0.574. The van der Waals surface area contributed by atoms with Gasteiger partial charge >= 0.3 is 0 Å². The van der Waals surface area contributed by atoms with Crippen molar-refractivity contribution in [2.24, 2.45) is 0 Å². The summed E-state index contributed by atoms with van der Waals surface area (Å²) in [5.41, 5.74) is 2.09. The van der Waals surface area contributed by atoms with E-state index in [-0.39, 0.29) is 0 Å². The molecule has 0 bridgehead atoms. The summed E-state index contributed by atoms with van der Waals surface area (Å²) in [7, 11) is 1.78. The lowest BCUT2D eigenvalue weighted by Crippen LogP contribution is -1.90. The van der Waals surface area contributed by atoms with Crippen LogP contribution in [0.15, 0.2) is 35.2 Å². The highest BCUT2D eigenvalue weighted by Gasteiger charge is 2.02. The van der Waals surface area contributed by atoms with Gasteiger partial charge in [-0.1, -0.05) is 0 Å². The number of hydrogen-bond donors (Lipinski definition) is 1. The van der Waals surface area contributed by atoms with Gasteiger partial charge in [0.2, 0.25) is 0 Å². The van der Waals surface area contributed by atoms with Gasteiger partial charge in [0, 0.05) is 25.9 Å². The van der Waals surface area contributed by atoms with Crippen molar-refractivity contribution in [3.63, 3.8) is 0 Å². The number of hydrogen-bond acceptors (Lipinski definition) is 4. The summed E-state index contributed by atoms with van der Waals surface area (Å²) >= 11 is 0. The molecule has 0 fully saturated rings. The van der Waals surface area contributed by atoms with Gasteiger partial charge in [0.15, 0.2) is 0 Å². The number of oxazole rings is 1. The number of anilines is 1. The molecule has 14 heavy (non-hydrogen) atoms. The predicted octanol–water partition coefficient (Wildman–Crippen LogP) is 1.70. The van der Waals surface area contributed by atoms with Gasteiger partial charge in [-0.15, -0.1) is 0 Å². The van der Waals surface area contributed by atoms with Crippen LogP contribution in [0.5, 0.6) is 0 Å². The van der Waals surface area contributed by atoms with Crippen molar-refractivity contribution >= 4 is 6.01 Å². The maximum absolute atomic E-state index is 5.15. The molecule has 4 nitrogen and oxygen atoms in total. The number of aromatic nitrogens is 2. The Hall–Kier alpha value is -1.84. The zero-order chi connectivity index (χ0) is 9.80. The summed E-state index contributed by atoms with van der Waals surface area (Å²) in [5, 5.41) is 2.84. The molecule has 0 aliphatic rings. The first-order chi connectivity index (χ1) is 6.88. The quantitative estimate of drug-likeness (QED) is 0.798. The van der Waals surface area contributed by atoms with Gasteiger partial charge in [0.25, 0.3) is 6.01 Å². The van der Waals surface area contributed by atoms with Gasteiger partial charge in [-0.25, -0.2) is 0 Å². The number of rotatable bonds is 3. The van der Waals surface area contributed by atoms with Gasteiger partial charge in [0.05, 0.1) is 5.69 Å². The normalized spacial score (nSPS) is 10.1. The van der Waals surface area contributed by atoms with Crippen LogP contribution in [0.4, 0.5) is 6.01 Å². The molecule has 0 radical (unpaired) electrons. The van der Waals surface area contributed by atoms with Crippen LogP contribution in [0.1, 0.15) is 11.3 Å². The van der Waals surface area contributed by atoms with Crippen molar-refractivity contribution in [2.45, 2.75) is 6.42 Å². The SMILES string of the molecule is CNc1nc(Cc2ccncc2)co1. The molecule has 0 saturated heterocycles. The maximum Gasteiger partial charge on any atom is 0.294 e. The molecule has 2 aromatic rings. The van der Waals surface area contributed by atoms with Crippen molar-refractivity contribution in [1.82, 2.24) is 9.97 Å². The Kier molecular flexibility index (Phi) is 2.44. The lowest BCUT2D eigenvalue weighted by Gasteiger charge is -1.94. The summed E-state index contributed by atoms with van der Waals surface area (Å²) in [6.45, 7) is 0. The van der Waals surface area contributed by atoms with E-state index < -0.39 is 0 Å². The van der Waals surface area contributed by atoms with Crippen LogP contribution in [0.2, 0.25) is 0 Å². The average Bonchev–Trinajstić information content (AvgIpc) is 2.67. The summed E-state index contributed by atoms with van der Waals surface area (Å²) in [4.78, 5) is 8.18. The Morgan fingerprint density at radius 2 is 2.14 bits per heavy atom. The van der Waals surface area contributed by atoms with E-state index in [1.165, 1.54) is 5.56 Å². The van der Waals surface area contributed by atoms with E-state index in [0.29, 0.717) is 6.01 Å². The fourth-order valence-corrected chi connectivity index (χ4v) is 1.21. The van der Waals surface area contributed by atoms with Gasteiger partial charge in [-0.2, -0.15) is 4.98 Å². The molecule has 0 atom stereocenters. The van der Waals surface area contributed by atoms with E-state index in [1.54, 1.807) is 25.7 Å². The second-order valence-corrected chi connectivity index (χ2v) is 2.93. The topological polar surface area (TPSA) is 51.0 Å². The second kappa shape index (κ2) is 3.91. The Morgan fingerprint density at radius 1 is 1.36 bits per heavy atom. The fraction of sp³-hybridized carbons (Fsp3) is 0.200. The van der Waals surface area contributed by atoms with E-state index >= 15 is 0 Å². The van der Waals surface area contributed by atoms with E-state index in [1.807, 2.05) is 12.1 Å². The van der Waals surface area contributed by atoms with Crippen molar-refractivity contribution < 1.29 is 4.42 Å². The van der Waals surface area contributed by atoms with E-state index in [2.05, 4.69) is 15.3 Å². The van der Waals surface area contributed by atoms with Gasteiger partial charge in [-0.05, 0) is 17.7 Å². The molecule has 72 valence electrons. The zero-order valence-electron chi connectivity index (χ0n) is 7.90. The average molecular weight is 189 g/mol. The van der Waals surface area contributed by atoms with Crippen molar-refractivity contribution in [2.75, 3.05) is 12.4 Å². The third kappa shape index (κ3) is 1.90. The minimum absolute atomic E-state index is 0.550. The standard InChI is InChI=1S/C10H11N3O/c1-11-10-13-9(7-14-10)6-8-2-4-12-5-3-8/h2-5,7H,6H2,1H3,(H,11,13). The number of pyridine rings is 1. The minimum atomic E-state index is 0.550. The molecule has 0 unspecified atom stereocenters. The Morgan fingerprint density at radius 3 is 2.79 bits per heavy atom. The second-order valence-electron chi connectivity index (χ2n) is 2.93. The van der Waals surface area contributed by atoms with Crippen LogP contribution in [0.25, 0.3) is 0 Å². The largest absolute Gasteiger partial charge is 0.432 e. The maximum atomic E-state index is 5.15. The molecule has 2 heterocycles. The third-order valence-corrected chi connectivity index (χ3v) is 1.90. The molecule has 0 saturated carbocycles. The van der Waals surface area contributed by atoms with Gasteiger partial charge < -0.3 is 9.73 Å². The van der Waals surface area contributed by atoms with Crippen LogP contribution in [0.3, 0.4) is 0 Å². The first-order valence-electron chi connectivity index (χ1n) is 4.39. The summed E-state index contributed by atoms with van der Waals surface area (Å²) in [5.74, 6) is 0. The van der Waals surface area contributed by atoms with Crippen LogP contribution < -0.4 is 5.32 Å². The van der Waals surface area contributed by atoms with Crippen LogP contribution in [-0.4, -0.2) is 17.0 Å². The van der Waals surface area contributed by atoms with Crippen molar-refractivity contribution in [1.29, 1.82) is 0 Å². The Labute approximate surface area is 82.0 Å². The molecule has 0 aromatic carbocycles. The van der Waals surface area contributed by atoms with E-state index in [9.17, 15) is 0 Å². The minimum Gasteiger partial charge on any atom is -0.432 e. The summed E-state index contributed by atoms with van der Waals surface area (Å²) < 4.78 is 5.15. The molecule has 0 amide bonds. The van der Waals surface area contributed by atoms with E-state index in [0.717, 1.165) is 12.1 Å². The van der Waals surface area contributed by atoms with Crippen molar-refractivity contribution in [3.8, 4) is 0 Å². The number of nitrogens with zero attached hydrogens (tertiary/aromatic N) is 2. The zero-order valence-corrected chi connectivity index (χ0v) is 7.90. The summed E-state index contributed by atoms with van der Waals surface area (Å²) in [6.07, 6.45) is 5.97. The first kappa shape index (κ1) is 8.74. The van der Waals surface area contributed by atoms with Crippen LogP contribution >= 0.6 is 0 Å². The monoisotopic (exact) mass is 189 g/mol. The Balaban J connectivity index is 2.11. The van der Waals surface area contributed by atoms with Crippen LogP contribution in [-0.2, 0) is 6.42 Å². The highest BCUT2D eigenvalue weighted by Crippen LogP contribution is 2.10. The van der Waals surface area contributed by atoms with E-state index in [4.69, 9.17) is 4.42 Å². The predicted molar refractivity (Wildman–Crippen MR) is 53.1 cm³/mol. The van der Waals surface area contributed by atoms with Gasteiger partial charge in [0.1, 0.15) is 6.26 Å². The fourth-order valence-electron chi connectivity index (χ4n) is 1.21. The first-order valence-corrected chi connectivity index (χ1v) is 4.39. The molecule has 2 aromatic heterocycles. The molecule has 2 rings (SSSR count). The molecule has 0 aliphatic carbocycles. The number of nitrogens with one attached hydrogen (secondary N) is 1. The third-order valence-electron chi connectivity index (χ3n) is 1.90. The van der Waals surface area contributed by atoms with Gasteiger partial charge in [-0.3, -0.25) is 4.98 Å². The molecule has 4 heteroatoms. The molecular formula is C10H11N3O. The molecule has 1 N–H and O–H groups in total. The highest BCUT2D eigenvalue weighted by molar-refractivity contribution is 5.23. The van der Waals surface area contributed by atoms with Crippen LogP contribution in [0, 0.1) is 0 Å². The molecular weight excluding hydrogens is 178 g/mol. The lowest BCUT2D eigenvalue weighted by atomic mass is 10.2. The highest BCUT2D eigenvalue weighted by atomic mass is 16.4. The Bertz CT molecular complexity index is 397. The smallest absolute Gasteiger partial charge is 0.294 e. The van der Waals surface area contributed by atoms with Crippen molar-refractivity contribution in [3.05, 3.63) is 42.0 Å².